The third-order valence-electron chi connectivity index (χ3n) is 6.79. The van der Waals surface area contributed by atoms with Gasteiger partial charge >= 0.3 is 0 Å². The standard InChI is InChI=1S/C19H25F/c1-12-10-16-13(11-18(12)20)5-6-15-14(16)7-9-19(2)8-3-4-17(15)19/h10-11,14-15,17H,3-9H2,1-2H3. The van der Waals surface area contributed by atoms with Gasteiger partial charge in [0.1, 0.15) is 5.82 Å². The summed E-state index contributed by atoms with van der Waals surface area (Å²) in [6.07, 6.45) is 9.41. The van der Waals surface area contributed by atoms with Gasteiger partial charge in [0.25, 0.3) is 0 Å². The molecule has 1 aromatic rings. The van der Waals surface area contributed by atoms with Crippen LogP contribution in [0.4, 0.5) is 4.39 Å². The van der Waals surface area contributed by atoms with Crippen LogP contribution in [0.1, 0.15) is 68.1 Å². The van der Waals surface area contributed by atoms with Gasteiger partial charge in [-0.15, -0.1) is 0 Å². The molecule has 0 amide bonds. The lowest BCUT2D eigenvalue weighted by Gasteiger charge is -2.49. The van der Waals surface area contributed by atoms with Crippen LogP contribution >= 0.6 is 0 Å². The highest BCUT2D eigenvalue weighted by Crippen LogP contribution is 2.60. The zero-order chi connectivity index (χ0) is 13.9. The van der Waals surface area contributed by atoms with Gasteiger partial charge in [-0.2, -0.15) is 0 Å². The maximum Gasteiger partial charge on any atom is 0.126 e. The first kappa shape index (κ1) is 12.9. The third kappa shape index (κ3) is 1.71. The van der Waals surface area contributed by atoms with Crippen LogP contribution in [0.15, 0.2) is 12.1 Å². The molecule has 0 aliphatic heterocycles. The average molecular weight is 272 g/mol. The first-order chi connectivity index (χ1) is 9.58. The predicted octanol–water partition coefficient (Wildman–Crippen LogP) is 5.38. The summed E-state index contributed by atoms with van der Waals surface area (Å²) in [6.45, 7) is 4.45. The molecule has 20 heavy (non-hydrogen) atoms. The van der Waals surface area contributed by atoms with E-state index in [1.807, 2.05) is 13.0 Å². The van der Waals surface area contributed by atoms with Crippen LogP contribution in [0.3, 0.4) is 0 Å². The fourth-order valence-corrected chi connectivity index (χ4v) is 5.70. The molecule has 0 spiro atoms. The Morgan fingerprint density at radius 3 is 2.85 bits per heavy atom. The van der Waals surface area contributed by atoms with Gasteiger partial charge in [0.2, 0.25) is 0 Å². The largest absolute Gasteiger partial charge is 0.207 e. The minimum atomic E-state index is -0.0104. The SMILES string of the molecule is Cc1cc2c(cc1F)CCC1C2CCC2(C)CCCC12. The summed E-state index contributed by atoms with van der Waals surface area (Å²) < 4.78 is 13.8. The van der Waals surface area contributed by atoms with E-state index in [0.717, 1.165) is 23.8 Å². The molecule has 0 nitrogen and oxygen atoms in total. The van der Waals surface area contributed by atoms with E-state index in [2.05, 4.69) is 13.0 Å². The summed E-state index contributed by atoms with van der Waals surface area (Å²) in [5.41, 5.74) is 4.25. The fraction of sp³-hybridized carbons (Fsp3) is 0.684. The molecule has 2 fully saturated rings. The Balaban J connectivity index is 1.74. The lowest BCUT2D eigenvalue weighted by molar-refractivity contribution is 0.0598. The van der Waals surface area contributed by atoms with E-state index in [1.54, 1.807) is 0 Å². The van der Waals surface area contributed by atoms with Crippen LogP contribution in [-0.2, 0) is 6.42 Å². The number of halogens is 1. The Labute approximate surface area is 121 Å². The highest BCUT2D eigenvalue weighted by molar-refractivity contribution is 5.38. The summed E-state index contributed by atoms with van der Waals surface area (Å²) in [5, 5.41) is 0. The maximum absolute atomic E-state index is 13.8. The summed E-state index contributed by atoms with van der Waals surface area (Å²) in [6, 6.07) is 3.99. The fourth-order valence-electron chi connectivity index (χ4n) is 5.70. The van der Waals surface area contributed by atoms with Gasteiger partial charge in [0.15, 0.2) is 0 Å². The van der Waals surface area contributed by atoms with Crippen LogP contribution < -0.4 is 0 Å². The van der Waals surface area contributed by atoms with Gasteiger partial charge in [0, 0.05) is 0 Å². The van der Waals surface area contributed by atoms with Crippen molar-refractivity contribution in [3.05, 3.63) is 34.6 Å². The van der Waals surface area contributed by atoms with Crippen molar-refractivity contribution in [2.45, 2.75) is 64.7 Å². The number of hydrogen-bond acceptors (Lipinski definition) is 0. The van der Waals surface area contributed by atoms with Crippen molar-refractivity contribution < 1.29 is 4.39 Å². The molecule has 0 bridgehead atoms. The lowest BCUT2D eigenvalue weighted by Crippen LogP contribution is -2.39. The summed E-state index contributed by atoms with van der Waals surface area (Å²) >= 11 is 0. The molecule has 3 aliphatic carbocycles. The number of hydrogen-bond donors (Lipinski definition) is 0. The number of fused-ring (bicyclic) bond motifs is 5. The second kappa shape index (κ2) is 4.32. The molecule has 0 aromatic heterocycles. The summed E-state index contributed by atoms with van der Waals surface area (Å²) in [4.78, 5) is 0. The average Bonchev–Trinajstić information content (AvgIpc) is 2.82. The monoisotopic (exact) mass is 272 g/mol. The van der Waals surface area contributed by atoms with Gasteiger partial charge < -0.3 is 0 Å². The summed E-state index contributed by atoms with van der Waals surface area (Å²) in [7, 11) is 0. The maximum atomic E-state index is 13.8. The lowest BCUT2D eigenvalue weighted by atomic mass is 9.56. The molecule has 2 saturated carbocycles. The van der Waals surface area contributed by atoms with Gasteiger partial charge in [0.05, 0.1) is 0 Å². The molecule has 0 radical (unpaired) electrons. The molecule has 4 rings (SSSR count). The zero-order valence-electron chi connectivity index (χ0n) is 12.7. The Morgan fingerprint density at radius 2 is 2.00 bits per heavy atom. The molecule has 4 atom stereocenters. The van der Waals surface area contributed by atoms with Crippen LogP contribution in [0.5, 0.6) is 0 Å². The van der Waals surface area contributed by atoms with Gasteiger partial charge in [-0.1, -0.05) is 19.4 Å². The van der Waals surface area contributed by atoms with E-state index < -0.39 is 0 Å². The Hall–Kier alpha value is -0.850. The molecule has 0 heterocycles. The van der Waals surface area contributed by atoms with E-state index >= 15 is 0 Å². The van der Waals surface area contributed by atoms with E-state index in [4.69, 9.17) is 0 Å². The third-order valence-corrected chi connectivity index (χ3v) is 6.79. The second-order valence-corrected chi connectivity index (χ2v) is 7.80. The van der Waals surface area contributed by atoms with Crippen molar-refractivity contribution >= 4 is 0 Å². The highest BCUT2D eigenvalue weighted by Gasteiger charge is 2.50. The quantitative estimate of drug-likeness (QED) is 0.594. The first-order valence-corrected chi connectivity index (χ1v) is 8.37. The normalized spacial score (nSPS) is 39.0. The number of benzene rings is 1. The molecule has 0 saturated heterocycles. The smallest absolute Gasteiger partial charge is 0.126 e. The van der Waals surface area contributed by atoms with Crippen molar-refractivity contribution in [1.82, 2.24) is 0 Å². The van der Waals surface area contributed by atoms with Crippen molar-refractivity contribution in [2.75, 3.05) is 0 Å². The molecule has 0 N–H and O–H groups in total. The Morgan fingerprint density at radius 1 is 1.15 bits per heavy atom. The Bertz CT molecular complexity index is 547. The van der Waals surface area contributed by atoms with E-state index in [-0.39, 0.29) is 5.82 Å². The van der Waals surface area contributed by atoms with E-state index in [0.29, 0.717) is 11.3 Å². The second-order valence-electron chi connectivity index (χ2n) is 7.80. The van der Waals surface area contributed by atoms with Crippen molar-refractivity contribution in [1.29, 1.82) is 0 Å². The zero-order valence-corrected chi connectivity index (χ0v) is 12.7. The highest BCUT2D eigenvalue weighted by atomic mass is 19.1. The molecule has 3 aliphatic rings. The van der Waals surface area contributed by atoms with Crippen LogP contribution in [0, 0.1) is 30.0 Å². The Kier molecular flexibility index (Phi) is 2.78. The van der Waals surface area contributed by atoms with Crippen molar-refractivity contribution in [3.8, 4) is 0 Å². The minimum Gasteiger partial charge on any atom is -0.207 e. The minimum absolute atomic E-state index is 0.0104. The summed E-state index contributed by atoms with van der Waals surface area (Å²) in [5.74, 6) is 2.51. The number of aryl methyl sites for hydroxylation is 2. The van der Waals surface area contributed by atoms with Crippen LogP contribution in [-0.4, -0.2) is 0 Å². The topological polar surface area (TPSA) is 0 Å². The molecule has 1 heteroatoms. The number of rotatable bonds is 0. The van der Waals surface area contributed by atoms with Crippen molar-refractivity contribution in [3.63, 3.8) is 0 Å². The van der Waals surface area contributed by atoms with E-state index in [9.17, 15) is 4.39 Å². The van der Waals surface area contributed by atoms with Gasteiger partial charge in [-0.05, 0) is 91.4 Å². The molecule has 1 aromatic carbocycles. The van der Waals surface area contributed by atoms with Crippen molar-refractivity contribution in [2.24, 2.45) is 17.3 Å². The van der Waals surface area contributed by atoms with Gasteiger partial charge in [-0.3, -0.25) is 0 Å². The van der Waals surface area contributed by atoms with E-state index in [1.165, 1.54) is 49.7 Å². The molecule has 4 unspecified atom stereocenters. The van der Waals surface area contributed by atoms with Crippen LogP contribution in [0.25, 0.3) is 0 Å². The molecular weight excluding hydrogens is 247 g/mol. The molecule has 108 valence electrons. The predicted molar refractivity (Wildman–Crippen MR) is 80.4 cm³/mol. The molecular formula is C19H25F. The van der Waals surface area contributed by atoms with Gasteiger partial charge in [-0.25, -0.2) is 4.39 Å². The van der Waals surface area contributed by atoms with Crippen LogP contribution in [0.2, 0.25) is 0 Å². The first-order valence-electron chi connectivity index (χ1n) is 8.37.